The second-order valence-electron chi connectivity index (χ2n) is 4.12. The molecule has 0 atom stereocenters. The highest BCUT2D eigenvalue weighted by molar-refractivity contribution is 5.61. The van der Waals surface area contributed by atoms with Crippen LogP contribution in [0.1, 0.15) is 20.3 Å². The molecule has 0 amide bonds. The van der Waals surface area contributed by atoms with E-state index in [2.05, 4.69) is 36.3 Å². The quantitative estimate of drug-likeness (QED) is 0.577. The van der Waals surface area contributed by atoms with Gasteiger partial charge in [-0.1, -0.05) is 26.0 Å². The van der Waals surface area contributed by atoms with Crippen LogP contribution in [-0.4, -0.2) is 12.9 Å². The lowest BCUT2D eigenvalue weighted by Gasteiger charge is -2.29. The first-order chi connectivity index (χ1) is 5.67. The Labute approximate surface area is 73.1 Å². The number of rotatable bonds is 0. The van der Waals surface area contributed by atoms with E-state index < -0.39 is 0 Å². The summed E-state index contributed by atoms with van der Waals surface area (Å²) in [7, 11) is 0. The molecule has 0 fully saturated rings. The lowest BCUT2D eigenvalue weighted by Crippen LogP contribution is -2.26. The van der Waals surface area contributed by atoms with Crippen LogP contribution in [0.3, 0.4) is 0 Å². The molecular formula is C10H14N2. The SMILES string of the molecule is CC1(C)C=CC2=C(C1)NC=NC2. The van der Waals surface area contributed by atoms with Gasteiger partial charge in [-0.2, -0.15) is 0 Å². The average molecular weight is 162 g/mol. The molecule has 0 radical (unpaired) electrons. The number of hydrogen-bond donors (Lipinski definition) is 1. The molecule has 1 heterocycles. The Bertz CT molecular complexity index is 282. The summed E-state index contributed by atoms with van der Waals surface area (Å²) in [6.07, 6.45) is 7.37. The fourth-order valence-corrected chi connectivity index (χ4v) is 1.61. The van der Waals surface area contributed by atoms with Crippen LogP contribution in [-0.2, 0) is 0 Å². The van der Waals surface area contributed by atoms with Crippen molar-refractivity contribution in [2.75, 3.05) is 6.54 Å². The van der Waals surface area contributed by atoms with E-state index in [0.29, 0.717) is 5.41 Å². The molecule has 1 N–H and O–H groups in total. The van der Waals surface area contributed by atoms with Crippen molar-refractivity contribution in [1.29, 1.82) is 0 Å². The van der Waals surface area contributed by atoms with Gasteiger partial charge in [0.15, 0.2) is 0 Å². The molecule has 0 bridgehead atoms. The molecule has 0 saturated heterocycles. The molecule has 0 spiro atoms. The van der Waals surface area contributed by atoms with E-state index in [1.54, 1.807) is 6.34 Å². The van der Waals surface area contributed by atoms with Crippen molar-refractivity contribution in [3.63, 3.8) is 0 Å². The Balaban J connectivity index is 2.25. The average Bonchev–Trinajstić information content (AvgIpc) is 2.02. The highest BCUT2D eigenvalue weighted by Crippen LogP contribution is 2.32. The molecule has 2 aliphatic rings. The van der Waals surface area contributed by atoms with Gasteiger partial charge in [-0.3, -0.25) is 4.99 Å². The maximum atomic E-state index is 4.16. The Morgan fingerprint density at radius 2 is 2.33 bits per heavy atom. The molecule has 2 heteroatoms. The summed E-state index contributed by atoms with van der Waals surface area (Å²) >= 11 is 0. The normalized spacial score (nSPS) is 25.2. The minimum Gasteiger partial charge on any atom is -0.350 e. The third kappa shape index (κ3) is 1.29. The van der Waals surface area contributed by atoms with Gasteiger partial charge in [-0.25, -0.2) is 0 Å². The van der Waals surface area contributed by atoms with Crippen LogP contribution in [0, 0.1) is 5.41 Å². The number of allylic oxidation sites excluding steroid dienone is 2. The van der Waals surface area contributed by atoms with Crippen LogP contribution in [0.4, 0.5) is 0 Å². The van der Waals surface area contributed by atoms with Crippen molar-refractivity contribution >= 4 is 6.34 Å². The lowest BCUT2D eigenvalue weighted by atomic mass is 9.82. The zero-order valence-corrected chi connectivity index (χ0v) is 7.59. The van der Waals surface area contributed by atoms with Crippen molar-refractivity contribution in [3.8, 4) is 0 Å². The molecule has 2 nitrogen and oxygen atoms in total. The number of nitrogens with one attached hydrogen (secondary N) is 1. The maximum Gasteiger partial charge on any atom is 0.0869 e. The largest absolute Gasteiger partial charge is 0.350 e. The van der Waals surface area contributed by atoms with Crippen LogP contribution in [0.15, 0.2) is 28.4 Å². The first-order valence-corrected chi connectivity index (χ1v) is 4.33. The Hall–Kier alpha value is -1.05. The molecular weight excluding hydrogens is 148 g/mol. The van der Waals surface area contributed by atoms with Gasteiger partial charge < -0.3 is 5.32 Å². The van der Waals surface area contributed by atoms with Crippen LogP contribution < -0.4 is 5.32 Å². The molecule has 1 aliphatic heterocycles. The zero-order valence-electron chi connectivity index (χ0n) is 7.59. The highest BCUT2D eigenvalue weighted by atomic mass is 15.0. The van der Waals surface area contributed by atoms with Gasteiger partial charge >= 0.3 is 0 Å². The number of nitrogens with zero attached hydrogens (tertiary/aromatic N) is 1. The summed E-state index contributed by atoms with van der Waals surface area (Å²) in [4.78, 5) is 4.16. The van der Waals surface area contributed by atoms with E-state index in [-0.39, 0.29) is 0 Å². The van der Waals surface area contributed by atoms with Crippen LogP contribution >= 0.6 is 0 Å². The molecule has 0 aromatic rings. The molecule has 0 aromatic carbocycles. The van der Waals surface area contributed by atoms with Gasteiger partial charge in [0, 0.05) is 5.70 Å². The summed E-state index contributed by atoms with van der Waals surface area (Å²) in [6.45, 7) is 5.34. The third-order valence-electron chi connectivity index (χ3n) is 2.35. The van der Waals surface area contributed by atoms with Crippen molar-refractivity contribution in [2.24, 2.45) is 10.4 Å². The predicted molar refractivity (Wildman–Crippen MR) is 51.1 cm³/mol. The molecule has 12 heavy (non-hydrogen) atoms. The Kier molecular flexibility index (Phi) is 1.56. The van der Waals surface area contributed by atoms with Crippen LogP contribution in [0.25, 0.3) is 0 Å². The summed E-state index contributed by atoms with van der Waals surface area (Å²) in [5.41, 5.74) is 2.99. The number of hydrogen-bond acceptors (Lipinski definition) is 2. The highest BCUT2D eigenvalue weighted by Gasteiger charge is 2.22. The first kappa shape index (κ1) is 7.59. The van der Waals surface area contributed by atoms with Gasteiger partial charge in [-0.15, -0.1) is 0 Å². The fourth-order valence-electron chi connectivity index (χ4n) is 1.61. The summed E-state index contributed by atoms with van der Waals surface area (Å²) < 4.78 is 0. The second-order valence-corrected chi connectivity index (χ2v) is 4.12. The van der Waals surface area contributed by atoms with E-state index in [1.165, 1.54) is 11.3 Å². The van der Waals surface area contributed by atoms with Gasteiger partial charge in [0.05, 0.1) is 12.9 Å². The monoisotopic (exact) mass is 162 g/mol. The molecule has 2 rings (SSSR count). The maximum absolute atomic E-state index is 4.16. The second kappa shape index (κ2) is 2.47. The van der Waals surface area contributed by atoms with Crippen molar-refractivity contribution in [1.82, 2.24) is 5.32 Å². The van der Waals surface area contributed by atoms with Crippen LogP contribution in [0.5, 0.6) is 0 Å². The van der Waals surface area contributed by atoms with Crippen molar-refractivity contribution in [2.45, 2.75) is 20.3 Å². The van der Waals surface area contributed by atoms with Gasteiger partial charge in [0.1, 0.15) is 0 Å². The van der Waals surface area contributed by atoms with E-state index in [1.807, 2.05) is 0 Å². The van der Waals surface area contributed by atoms with Gasteiger partial charge in [-0.05, 0) is 17.4 Å². The molecule has 0 unspecified atom stereocenters. The first-order valence-electron chi connectivity index (χ1n) is 4.33. The number of aliphatic imine (C=N–C) groups is 1. The minimum atomic E-state index is 0.303. The zero-order chi connectivity index (χ0) is 8.60. The van der Waals surface area contributed by atoms with Crippen LogP contribution in [0.2, 0.25) is 0 Å². The van der Waals surface area contributed by atoms with E-state index in [0.717, 1.165) is 13.0 Å². The lowest BCUT2D eigenvalue weighted by molar-refractivity contribution is 0.458. The van der Waals surface area contributed by atoms with Gasteiger partial charge in [0.25, 0.3) is 0 Å². The minimum absolute atomic E-state index is 0.303. The smallest absolute Gasteiger partial charge is 0.0869 e. The Morgan fingerprint density at radius 3 is 3.17 bits per heavy atom. The predicted octanol–water partition coefficient (Wildman–Crippen LogP) is 1.86. The summed E-state index contributed by atoms with van der Waals surface area (Å²) in [6, 6.07) is 0. The molecule has 64 valence electrons. The summed E-state index contributed by atoms with van der Waals surface area (Å²) in [5.74, 6) is 0. The van der Waals surface area contributed by atoms with E-state index >= 15 is 0 Å². The summed E-state index contributed by atoms with van der Waals surface area (Å²) in [5, 5.41) is 3.21. The van der Waals surface area contributed by atoms with E-state index in [4.69, 9.17) is 0 Å². The fraction of sp³-hybridized carbons (Fsp3) is 0.500. The van der Waals surface area contributed by atoms with E-state index in [9.17, 15) is 0 Å². The van der Waals surface area contributed by atoms with Crippen molar-refractivity contribution < 1.29 is 0 Å². The molecule has 1 aliphatic carbocycles. The Morgan fingerprint density at radius 1 is 1.50 bits per heavy atom. The topological polar surface area (TPSA) is 24.4 Å². The van der Waals surface area contributed by atoms with Gasteiger partial charge in [0.2, 0.25) is 0 Å². The molecule has 0 aromatic heterocycles. The third-order valence-corrected chi connectivity index (χ3v) is 2.35. The van der Waals surface area contributed by atoms with Crippen molar-refractivity contribution in [3.05, 3.63) is 23.4 Å². The molecule has 0 saturated carbocycles. The standard InChI is InChI=1S/C10H14N2/c1-10(2)4-3-8-6-11-7-12-9(8)5-10/h3-4,7H,5-6H2,1-2H3,(H,11,12).